The van der Waals surface area contributed by atoms with Crippen molar-refractivity contribution >= 4 is 6.09 Å². The topological polar surface area (TPSA) is 33.4 Å². The zero-order valence-electron chi connectivity index (χ0n) is 9.10. The van der Waals surface area contributed by atoms with Gasteiger partial charge in [0.1, 0.15) is 0 Å². The van der Waals surface area contributed by atoms with Crippen LogP contribution >= 0.6 is 0 Å². The third-order valence-corrected chi connectivity index (χ3v) is 1.24. The van der Waals surface area contributed by atoms with Crippen molar-refractivity contribution in [2.24, 2.45) is 0 Å². The Labute approximate surface area is 84.7 Å². The van der Waals surface area contributed by atoms with Gasteiger partial charge >= 0.3 is 6.09 Å². The van der Waals surface area contributed by atoms with Gasteiger partial charge in [0.15, 0.2) is 0 Å². The molecule has 4 heteroatoms. The second kappa shape index (κ2) is 6.88. The largest absolute Gasteiger partial charge is 0.477 e. The Morgan fingerprint density at radius 2 is 1.64 bits per heavy atom. The van der Waals surface area contributed by atoms with Crippen molar-refractivity contribution in [1.82, 2.24) is 4.90 Å². The lowest BCUT2D eigenvalue weighted by Crippen LogP contribution is -2.48. The van der Waals surface area contributed by atoms with Gasteiger partial charge in [0.25, 0.3) is 0 Å². The Morgan fingerprint density at radius 3 is 2.07 bits per heavy atom. The summed E-state index contributed by atoms with van der Waals surface area (Å²) in [6, 6.07) is 5.41. The van der Waals surface area contributed by atoms with Crippen LogP contribution in [0.4, 0.5) is 4.79 Å². The lowest BCUT2D eigenvalue weighted by molar-refractivity contribution is -0.869. The molecule has 1 aromatic heterocycles. The number of pyridine rings is 1. The van der Waals surface area contributed by atoms with Crippen molar-refractivity contribution in [2.75, 3.05) is 14.1 Å². The summed E-state index contributed by atoms with van der Waals surface area (Å²) in [6.45, 7) is 4.00. The van der Waals surface area contributed by atoms with Crippen molar-refractivity contribution in [3.05, 3.63) is 30.6 Å². The minimum Gasteiger partial charge on any atom is -0.309 e. The molecule has 1 rings (SSSR count). The number of hydrogen-bond acceptors (Lipinski definition) is 2. The van der Waals surface area contributed by atoms with Crippen LogP contribution in [0, 0.1) is 0 Å². The first-order valence-electron chi connectivity index (χ1n) is 4.56. The lowest BCUT2D eigenvalue weighted by atomic mass is 10.5. The summed E-state index contributed by atoms with van der Waals surface area (Å²) < 4.78 is 1.35. The summed E-state index contributed by atoms with van der Waals surface area (Å²) in [6.07, 6.45) is 2.91. The highest BCUT2D eigenvalue weighted by Crippen LogP contribution is 1.78. The van der Waals surface area contributed by atoms with E-state index in [4.69, 9.17) is 4.84 Å². The summed E-state index contributed by atoms with van der Waals surface area (Å²) in [7, 11) is 3.26. The molecular weight excluding hydrogens is 180 g/mol. The second-order valence-electron chi connectivity index (χ2n) is 2.49. The molecule has 0 aliphatic heterocycles. The highest BCUT2D eigenvalue weighted by molar-refractivity contribution is 5.66. The fraction of sp³-hybridized carbons (Fsp3) is 0.400. The van der Waals surface area contributed by atoms with Crippen molar-refractivity contribution in [3.63, 3.8) is 0 Å². The van der Waals surface area contributed by atoms with E-state index in [9.17, 15) is 4.79 Å². The monoisotopic (exact) mass is 197 g/mol. The summed E-state index contributed by atoms with van der Waals surface area (Å²) in [5.41, 5.74) is 0. The zero-order valence-corrected chi connectivity index (χ0v) is 9.10. The van der Waals surface area contributed by atoms with Crippen molar-refractivity contribution in [3.8, 4) is 0 Å². The normalized spacial score (nSPS) is 8.29. The van der Waals surface area contributed by atoms with Crippen molar-refractivity contribution in [2.45, 2.75) is 13.8 Å². The van der Waals surface area contributed by atoms with Crippen LogP contribution in [0.25, 0.3) is 0 Å². The molecule has 0 atom stereocenters. The Balaban J connectivity index is 0.000000791. The maximum absolute atomic E-state index is 11.0. The number of amides is 1. The smallest absolute Gasteiger partial charge is 0.309 e. The number of carbonyl (C=O) groups excluding carboxylic acids is 1. The van der Waals surface area contributed by atoms with E-state index in [2.05, 4.69) is 0 Å². The number of aromatic nitrogens is 1. The molecule has 0 unspecified atom stereocenters. The van der Waals surface area contributed by atoms with Gasteiger partial charge in [0, 0.05) is 31.0 Å². The third-order valence-electron chi connectivity index (χ3n) is 1.24. The minimum absolute atomic E-state index is 0.397. The van der Waals surface area contributed by atoms with Crippen molar-refractivity contribution in [1.29, 1.82) is 0 Å². The van der Waals surface area contributed by atoms with Crippen LogP contribution in [0.2, 0.25) is 0 Å². The first-order valence-corrected chi connectivity index (χ1v) is 4.56. The minimum atomic E-state index is -0.397. The number of hydrogen-bond donors (Lipinski definition) is 0. The third kappa shape index (κ3) is 4.45. The molecule has 0 aliphatic carbocycles. The van der Waals surface area contributed by atoms with Crippen LogP contribution in [0.1, 0.15) is 13.8 Å². The lowest BCUT2D eigenvalue weighted by Gasteiger charge is -2.04. The number of carbonyl (C=O) groups is 1. The summed E-state index contributed by atoms with van der Waals surface area (Å²) >= 11 is 0. The van der Waals surface area contributed by atoms with Crippen molar-refractivity contribution < 1.29 is 14.4 Å². The van der Waals surface area contributed by atoms with Gasteiger partial charge in [-0.1, -0.05) is 19.9 Å². The maximum Gasteiger partial charge on any atom is 0.477 e. The quantitative estimate of drug-likeness (QED) is 0.632. The van der Waals surface area contributed by atoms with Gasteiger partial charge in [0.05, 0.1) is 0 Å². The first-order chi connectivity index (χ1) is 6.70. The number of rotatable bonds is 1. The number of nitrogens with zero attached hydrogens (tertiary/aromatic N) is 2. The van der Waals surface area contributed by atoms with Crippen LogP contribution < -0.4 is 9.57 Å². The highest BCUT2D eigenvalue weighted by Gasteiger charge is 2.11. The molecule has 0 spiro atoms. The molecule has 78 valence electrons. The molecule has 0 radical (unpaired) electrons. The Hall–Kier alpha value is -1.58. The molecule has 14 heavy (non-hydrogen) atoms. The predicted molar refractivity (Wildman–Crippen MR) is 53.6 cm³/mol. The van der Waals surface area contributed by atoms with E-state index in [-0.39, 0.29) is 0 Å². The van der Waals surface area contributed by atoms with Crippen LogP contribution in [0.5, 0.6) is 0 Å². The van der Waals surface area contributed by atoms with E-state index in [1.807, 2.05) is 19.9 Å². The average Bonchev–Trinajstić information content (AvgIpc) is 2.22. The first kappa shape index (κ1) is 12.4. The molecule has 1 aromatic rings. The SMILES string of the molecule is CC.CN(C)C(=O)O[n+]1ccccc1. The fourth-order valence-corrected chi connectivity index (χ4v) is 0.616. The molecule has 0 N–H and O–H groups in total. The van der Waals surface area contributed by atoms with E-state index in [1.165, 1.54) is 9.63 Å². The Morgan fingerprint density at radius 1 is 1.14 bits per heavy atom. The molecule has 0 aliphatic rings. The van der Waals surface area contributed by atoms with Gasteiger partial charge in [-0.3, -0.25) is 0 Å². The van der Waals surface area contributed by atoms with E-state index >= 15 is 0 Å². The molecule has 0 fully saturated rings. The fourth-order valence-electron chi connectivity index (χ4n) is 0.616. The molecule has 4 nitrogen and oxygen atoms in total. The van der Waals surface area contributed by atoms with E-state index in [0.29, 0.717) is 0 Å². The molecule has 0 bridgehead atoms. The van der Waals surface area contributed by atoms with E-state index < -0.39 is 6.09 Å². The van der Waals surface area contributed by atoms with E-state index in [0.717, 1.165) is 0 Å². The molecular formula is C10H17N2O2+. The Bertz CT molecular complexity index is 260. The highest BCUT2D eigenvalue weighted by atomic mass is 16.7. The zero-order chi connectivity index (χ0) is 11.0. The van der Waals surface area contributed by atoms with Crippen LogP contribution in [0.15, 0.2) is 30.6 Å². The summed E-state index contributed by atoms with van der Waals surface area (Å²) in [5, 5.41) is 0. The van der Waals surface area contributed by atoms with Gasteiger partial charge in [-0.25, -0.2) is 4.79 Å². The maximum atomic E-state index is 11.0. The average molecular weight is 197 g/mol. The van der Waals surface area contributed by atoms with Crippen LogP contribution in [-0.2, 0) is 0 Å². The van der Waals surface area contributed by atoms with Gasteiger partial charge in [0.2, 0.25) is 12.4 Å². The van der Waals surface area contributed by atoms with E-state index in [1.54, 1.807) is 38.6 Å². The van der Waals surface area contributed by atoms with Gasteiger partial charge < -0.3 is 4.90 Å². The molecule has 1 amide bonds. The molecule has 0 saturated carbocycles. The second-order valence-corrected chi connectivity index (χ2v) is 2.49. The summed E-state index contributed by atoms with van der Waals surface area (Å²) in [5.74, 6) is 0. The van der Waals surface area contributed by atoms with Crippen LogP contribution in [-0.4, -0.2) is 25.1 Å². The summed E-state index contributed by atoms with van der Waals surface area (Å²) in [4.78, 5) is 17.2. The van der Waals surface area contributed by atoms with Crippen LogP contribution in [0.3, 0.4) is 0 Å². The van der Waals surface area contributed by atoms with Gasteiger partial charge in [-0.2, -0.15) is 4.84 Å². The van der Waals surface area contributed by atoms with Gasteiger partial charge in [-0.05, 0) is 0 Å². The molecule has 1 heterocycles. The molecule has 0 saturated heterocycles. The molecule has 0 aromatic carbocycles. The predicted octanol–water partition coefficient (Wildman–Crippen LogP) is 1.11. The Kier molecular flexibility index (Phi) is 6.11. The standard InChI is InChI=1S/C8H11N2O2.C2H6/c1-9(2)8(11)12-10-6-4-3-5-7-10;1-2/h3-7H,1-2H3;1-2H3/q+1;. The van der Waals surface area contributed by atoms with Gasteiger partial charge in [-0.15, -0.1) is 0 Å².